The maximum absolute atomic E-state index is 12.9. The average molecular weight is 348 g/mol. The van der Waals surface area contributed by atoms with Gasteiger partial charge in [0.1, 0.15) is 0 Å². The molecular weight excluding hydrogens is 336 g/mol. The molecule has 0 bridgehead atoms. The number of benzene rings is 1. The van der Waals surface area contributed by atoms with Gasteiger partial charge >= 0.3 is 111 Å². The fraction of sp³-hybridized carbons (Fsp3) is 0.500. The zero-order valence-electron chi connectivity index (χ0n) is 9.18. The summed E-state index contributed by atoms with van der Waals surface area (Å²) in [5.41, 5.74) is -0.930. The first-order chi connectivity index (χ1) is 7.99. The molecule has 0 unspecified atom stereocenters. The van der Waals surface area contributed by atoms with Gasteiger partial charge in [0.15, 0.2) is 0 Å². The second-order valence-electron chi connectivity index (χ2n) is 4.18. The summed E-state index contributed by atoms with van der Waals surface area (Å²) in [6.07, 6.45) is -1.99. The summed E-state index contributed by atoms with van der Waals surface area (Å²) in [5, 5.41) is 0. The third kappa shape index (κ3) is 2.47. The van der Waals surface area contributed by atoms with Crippen LogP contribution in [0.1, 0.15) is 30.4 Å². The van der Waals surface area contributed by atoms with Crippen LogP contribution in [-0.4, -0.2) is 27.1 Å². The van der Waals surface area contributed by atoms with Gasteiger partial charge in [-0.25, -0.2) is 0 Å². The molecule has 1 fully saturated rings. The summed E-state index contributed by atoms with van der Waals surface area (Å²) in [6, 6.07) is 5.77. The fourth-order valence-electron chi connectivity index (χ4n) is 2.26. The summed E-state index contributed by atoms with van der Waals surface area (Å²) in [5.74, 6) is 0. The summed E-state index contributed by atoms with van der Waals surface area (Å²) < 4.78 is 44.9. The minimum absolute atomic E-state index is 0.307. The molecule has 0 aliphatic heterocycles. The normalized spacial score (nSPS) is 18.8. The molecule has 0 heterocycles. The van der Waals surface area contributed by atoms with Gasteiger partial charge < -0.3 is 0 Å². The van der Waals surface area contributed by atoms with Crippen LogP contribution in [0.5, 0.6) is 0 Å². The van der Waals surface area contributed by atoms with Crippen molar-refractivity contribution in [2.75, 3.05) is 4.62 Å². The van der Waals surface area contributed by atoms with Crippen molar-refractivity contribution < 1.29 is 17.9 Å². The van der Waals surface area contributed by atoms with Gasteiger partial charge in [0, 0.05) is 0 Å². The molecule has 1 aromatic rings. The van der Waals surface area contributed by atoms with Crippen LogP contribution in [0.2, 0.25) is 0 Å². The summed E-state index contributed by atoms with van der Waals surface area (Å²) in [6.45, 7) is 0. The molecule has 3 radical (unpaired) electrons. The SMILES string of the molecule is FC(F)(F)c1ccccc1C1(O[CH2][Sn])CCC1. The Morgan fingerprint density at radius 2 is 1.88 bits per heavy atom. The van der Waals surface area contributed by atoms with Crippen LogP contribution >= 0.6 is 0 Å². The molecule has 1 nitrogen and oxygen atoms in total. The van der Waals surface area contributed by atoms with Crippen LogP contribution in [-0.2, 0) is 16.5 Å². The van der Waals surface area contributed by atoms with E-state index in [0.29, 0.717) is 23.0 Å². The molecule has 0 amide bonds. The second-order valence-corrected chi connectivity index (χ2v) is 5.00. The van der Waals surface area contributed by atoms with E-state index in [1.807, 2.05) is 0 Å². The number of rotatable bonds is 3. The van der Waals surface area contributed by atoms with Crippen LogP contribution in [0.4, 0.5) is 13.2 Å². The van der Waals surface area contributed by atoms with Crippen molar-refractivity contribution >= 4 is 22.5 Å². The number of hydrogen-bond donors (Lipinski definition) is 0. The van der Waals surface area contributed by atoms with E-state index < -0.39 is 17.3 Å². The predicted molar refractivity (Wildman–Crippen MR) is 58.7 cm³/mol. The van der Waals surface area contributed by atoms with Gasteiger partial charge in [-0.15, -0.1) is 0 Å². The van der Waals surface area contributed by atoms with E-state index in [2.05, 4.69) is 0 Å². The van der Waals surface area contributed by atoms with Gasteiger partial charge in [0.25, 0.3) is 0 Å². The second kappa shape index (κ2) is 4.80. The monoisotopic (exact) mass is 349 g/mol. The quantitative estimate of drug-likeness (QED) is 0.763. The Kier molecular flexibility index (Phi) is 3.73. The van der Waals surface area contributed by atoms with Gasteiger partial charge in [-0.3, -0.25) is 0 Å². The van der Waals surface area contributed by atoms with Crippen LogP contribution in [0.25, 0.3) is 0 Å². The Balaban J connectivity index is 2.44. The third-order valence-electron chi connectivity index (χ3n) is 3.23. The molecule has 0 spiro atoms. The van der Waals surface area contributed by atoms with Crippen LogP contribution in [0.15, 0.2) is 24.3 Å². The van der Waals surface area contributed by atoms with Gasteiger partial charge in [0.2, 0.25) is 0 Å². The van der Waals surface area contributed by atoms with E-state index in [0.717, 1.165) is 12.5 Å². The van der Waals surface area contributed by atoms with E-state index in [-0.39, 0.29) is 0 Å². The molecule has 2 rings (SSSR count). The van der Waals surface area contributed by atoms with E-state index in [9.17, 15) is 13.2 Å². The Morgan fingerprint density at radius 3 is 2.35 bits per heavy atom. The Morgan fingerprint density at radius 1 is 1.24 bits per heavy atom. The molecule has 1 aliphatic carbocycles. The molecule has 1 aromatic carbocycles. The Bertz CT molecular complexity index is 399. The Labute approximate surface area is 111 Å². The first kappa shape index (κ1) is 13.2. The minimum atomic E-state index is -4.30. The van der Waals surface area contributed by atoms with Gasteiger partial charge in [-0.2, -0.15) is 0 Å². The summed E-state index contributed by atoms with van der Waals surface area (Å²) in [4.78, 5) is 0. The van der Waals surface area contributed by atoms with Crippen molar-refractivity contribution in [1.82, 2.24) is 0 Å². The van der Waals surface area contributed by atoms with E-state index in [1.54, 1.807) is 12.1 Å². The number of ether oxygens (including phenoxy) is 1. The molecule has 1 saturated carbocycles. The summed E-state index contributed by atoms with van der Waals surface area (Å²) in [7, 11) is 0. The van der Waals surface area contributed by atoms with Crippen LogP contribution < -0.4 is 0 Å². The van der Waals surface area contributed by atoms with Crippen molar-refractivity contribution in [3.8, 4) is 0 Å². The summed E-state index contributed by atoms with van der Waals surface area (Å²) >= 11 is 1.19. The fourth-order valence-corrected chi connectivity index (χ4v) is 3.04. The van der Waals surface area contributed by atoms with Crippen molar-refractivity contribution in [1.29, 1.82) is 0 Å². The van der Waals surface area contributed by atoms with E-state index in [4.69, 9.17) is 4.74 Å². The van der Waals surface area contributed by atoms with Gasteiger partial charge in [-0.1, -0.05) is 0 Å². The van der Waals surface area contributed by atoms with E-state index in [1.165, 1.54) is 28.6 Å². The molecule has 0 aromatic heterocycles. The first-order valence-electron chi connectivity index (χ1n) is 5.45. The predicted octanol–water partition coefficient (Wildman–Crippen LogP) is 3.23. The van der Waals surface area contributed by atoms with Crippen molar-refractivity contribution in [2.45, 2.75) is 31.0 Å². The van der Waals surface area contributed by atoms with E-state index >= 15 is 0 Å². The number of halogens is 3. The van der Waals surface area contributed by atoms with Crippen molar-refractivity contribution in [3.63, 3.8) is 0 Å². The third-order valence-corrected chi connectivity index (χ3v) is 3.64. The number of hydrogen-bond acceptors (Lipinski definition) is 1. The standard InChI is InChI=1S/C12H12F3O.Sn/c1-16-11(7-4-8-11)9-5-2-3-6-10(9)12(13,14)15;/h2-3,5-6H,1,4,7-8H2;. The molecule has 0 N–H and O–H groups in total. The molecule has 5 heteroatoms. The van der Waals surface area contributed by atoms with Crippen LogP contribution in [0.3, 0.4) is 0 Å². The average Bonchev–Trinajstić information content (AvgIpc) is 2.22. The molecule has 0 saturated heterocycles. The van der Waals surface area contributed by atoms with Crippen molar-refractivity contribution in [3.05, 3.63) is 35.4 Å². The van der Waals surface area contributed by atoms with Gasteiger partial charge in [-0.05, 0) is 0 Å². The molecule has 0 atom stereocenters. The molecule has 17 heavy (non-hydrogen) atoms. The topological polar surface area (TPSA) is 9.23 Å². The first-order valence-corrected chi connectivity index (χ1v) is 7.47. The molecule has 91 valence electrons. The maximum atomic E-state index is 12.9. The number of alkyl halides is 3. The zero-order valence-corrected chi connectivity index (χ0v) is 12.0. The molecular formula is C12H12F3OSn. The van der Waals surface area contributed by atoms with Crippen LogP contribution in [0, 0.1) is 0 Å². The molecule has 1 aliphatic rings. The Hall–Kier alpha value is -0.231. The van der Waals surface area contributed by atoms with Crippen molar-refractivity contribution in [2.24, 2.45) is 0 Å². The van der Waals surface area contributed by atoms with Gasteiger partial charge in [0.05, 0.1) is 0 Å². The zero-order chi connectivity index (χ0) is 12.5.